The molecule has 0 fully saturated rings. The maximum atomic E-state index is 13.2. The van der Waals surface area contributed by atoms with Crippen molar-refractivity contribution < 1.29 is 28.2 Å². The largest absolute Gasteiger partial charge is 0.493 e. The molecule has 1 aliphatic rings. The summed E-state index contributed by atoms with van der Waals surface area (Å²) in [5, 5.41) is 9.92. The lowest BCUT2D eigenvalue weighted by atomic mass is 9.92. The molecule has 9 heteroatoms. The van der Waals surface area contributed by atoms with Crippen molar-refractivity contribution in [1.82, 2.24) is 9.88 Å². The number of ether oxygens (including phenoxy) is 1. The van der Waals surface area contributed by atoms with Gasteiger partial charge < -0.3 is 24.9 Å². The molecule has 0 saturated carbocycles. The van der Waals surface area contributed by atoms with E-state index in [1.165, 1.54) is 23.1 Å². The first-order valence-electron chi connectivity index (χ1n) is 13.5. The van der Waals surface area contributed by atoms with E-state index in [2.05, 4.69) is 4.98 Å². The molecule has 2 aromatic carbocycles. The summed E-state index contributed by atoms with van der Waals surface area (Å²) in [4.78, 5) is 30.6. The minimum atomic E-state index is -1.09. The van der Waals surface area contributed by atoms with Crippen LogP contribution in [0.4, 0.5) is 4.39 Å². The average molecular weight is 564 g/mol. The number of nitrogens with zero attached hydrogens (tertiary/aromatic N) is 2. The third kappa shape index (κ3) is 9.14. The van der Waals surface area contributed by atoms with Crippen LogP contribution in [0.15, 0.2) is 71.2 Å². The highest BCUT2D eigenvalue weighted by molar-refractivity contribution is 5.92. The van der Waals surface area contributed by atoms with Crippen molar-refractivity contribution in [2.75, 3.05) is 13.2 Å². The number of aliphatic carboxylic acids is 1. The van der Waals surface area contributed by atoms with Gasteiger partial charge >= 0.3 is 5.97 Å². The minimum Gasteiger partial charge on any atom is -0.493 e. The van der Waals surface area contributed by atoms with Gasteiger partial charge in [0, 0.05) is 30.1 Å². The number of fused-ring (bicyclic) bond motifs is 1. The van der Waals surface area contributed by atoms with Crippen molar-refractivity contribution in [2.24, 2.45) is 5.73 Å². The Morgan fingerprint density at radius 2 is 1.88 bits per heavy atom. The zero-order valence-corrected chi connectivity index (χ0v) is 24.2. The number of halogens is 1. The molecule has 3 N–H and O–H groups in total. The van der Waals surface area contributed by atoms with Gasteiger partial charge in [-0.1, -0.05) is 24.3 Å². The number of aryl methyl sites for hydroxylation is 1. The number of amides is 1. The number of rotatable bonds is 8. The Morgan fingerprint density at radius 3 is 2.51 bits per heavy atom. The molecule has 1 atom stereocenters. The monoisotopic (exact) mass is 563 g/mol. The highest BCUT2D eigenvalue weighted by Crippen LogP contribution is 2.33. The Bertz CT molecular complexity index is 1400. The molecular weight excluding hydrogens is 525 g/mol. The summed E-state index contributed by atoms with van der Waals surface area (Å²) >= 11 is 0. The van der Waals surface area contributed by atoms with Crippen LogP contribution in [0.5, 0.6) is 5.75 Å². The van der Waals surface area contributed by atoms with Crippen molar-refractivity contribution in [2.45, 2.75) is 59.0 Å². The van der Waals surface area contributed by atoms with E-state index in [4.69, 9.17) is 14.9 Å². The van der Waals surface area contributed by atoms with Crippen molar-refractivity contribution >= 4 is 11.9 Å². The molecule has 0 spiro atoms. The van der Waals surface area contributed by atoms with E-state index < -0.39 is 12.0 Å². The van der Waals surface area contributed by atoms with E-state index in [1.807, 2.05) is 40.7 Å². The SMILES string of the molecule is CC(C)(C)N.CC=CC=CC(=O)N1CCc2ccc(OCCc3nc(-c4ccc(F)cc4)oc3C)cc2C1C(=O)O. The van der Waals surface area contributed by atoms with Crippen LogP contribution in [-0.4, -0.2) is 45.6 Å². The molecule has 3 aromatic rings. The van der Waals surface area contributed by atoms with Gasteiger partial charge in [0.25, 0.3) is 0 Å². The van der Waals surface area contributed by atoms with Gasteiger partial charge in [0.1, 0.15) is 17.3 Å². The smallest absolute Gasteiger partial charge is 0.331 e. The quantitative estimate of drug-likeness (QED) is 0.263. The topological polar surface area (TPSA) is 119 Å². The van der Waals surface area contributed by atoms with Crippen LogP contribution in [0.25, 0.3) is 11.5 Å². The summed E-state index contributed by atoms with van der Waals surface area (Å²) < 4.78 is 24.8. The van der Waals surface area contributed by atoms with Gasteiger partial charge in [-0.25, -0.2) is 14.2 Å². The lowest BCUT2D eigenvalue weighted by Crippen LogP contribution is -2.42. The Balaban J connectivity index is 0.000000850. The van der Waals surface area contributed by atoms with Crippen molar-refractivity contribution in [1.29, 1.82) is 0 Å². The predicted octanol–water partition coefficient (Wildman–Crippen LogP) is 5.80. The fraction of sp³-hybridized carbons (Fsp3) is 0.344. The zero-order chi connectivity index (χ0) is 30.2. The molecule has 0 radical (unpaired) electrons. The second-order valence-corrected chi connectivity index (χ2v) is 10.8. The van der Waals surface area contributed by atoms with Crippen LogP contribution in [-0.2, 0) is 22.4 Å². The first kappa shape index (κ1) is 31.3. The van der Waals surface area contributed by atoms with Gasteiger partial charge in [0.05, 0.1) is 12.3 Å². The highest BCUT2D eigenvalue weighted by Gasteiger charge is 2.35. The van der Waals surface area contributed by atoms with E-state index in [0.717, 1.165) is 11.3 Å². The third-order valence-corrected chi connectivity index (χ3v) is 6.00. The predicted molar refractivity (Wildman–Crippen MR) is 156 cm³/mol. The molecule has 1 aliphatic heterocycles. The van der Waals surface area contributed by atoms with Gasteiger partial charge in [-0.15, -0.1) is 0 Å². The van der Waals surface area contributed by atoms with Gasteiger partial charge in [-0.3, -0.25) is 4.79 Å². The number of nitrogens with two attached hydrogens (primary N) is 1. The fourth-order valence-corrected chi connectivity index (χ4v) is 4.17. The van der Waals surface area contributed by atoms with Crippen LogP contribution in [0.2, 0.25) is 0 Å². The van der Waals surface area contributed by atoms with E-state index in [-0.39, 0.29) is 17.3 Å². The van der Waals surface area contributed by atoms with Gasteiger partial charge in [0.2, 0.25) is 11.8 Å². The van der Waals surface area contributed by atoms with Crippen LogP contribution in [0.1, 0.15) is 56.3 Å². The number of allylic oxidation sites excluding steroid dienone is 3. The molecular formula is C32H38FN3O5. The fourth-order valence-electron chi connectivity index (χ4n) is 4.17. The first-order chi connectivity index (χ1) is 19.4. The maximum Gasteiger partial charge on any atom is 0.331 e. The highest BCUT2D eigenvalue weighted by atomic mass is 19.1. The summed E-state index contributed by atoms with van der Waals surface area (Å²) in [6.07, 6.45) is 7.52. The first-order valence-corrected chi connectivity index (χ1v) is 13.5. The molecule has 0 saturated heterocycles. The molecule has 0 aliphatic carbocycles. The maximum absolute atomic E-state index is 13.2. The number of carboxylic acids is 1. The van der Waals surface area contributed by atoms with Gasteiger partial charge in [0.15, 0.2) is 6.04 Å². The zero-order valence-electron chi connectivity index (χ0n) is 24.2. The number of aromatic nitrogens is 1. The molecule has 218 valence electrons. The van der Waals surface area contributed by atoms with E-state index in [9.17, 15) is 19.1 Å². The summed E-state index contributed by atoms with van der Waals surface area (Å²) in [5.74, 6) is -0.200. The normalized spacial score (nSPS) is 15.0. The molecule has 0 bridgehead atoms. The summed E-state index contributed by atoms with van der Waals surface area (Å²) in [7, 11) is 0. The number of hydrogen-bond donors (Lipinski definition) is 2. The number of carbonyl (C=O) groups excluding carboxylic acids is 1. The van der Waals surface area contributed by atoms with Gasteiger partial charge in [-0.05, 0) is 88.6 Å². The molecule has 1 amide bonds. The Morgan fingerprint density at radius 1 is 1.20 bits per heavy atom. The van der Waals surface area contributed by atoms with Crippen LogP contribution >= 0.6 is 0 Å². The van der Waals surface area contributed by atoms with E-state index in [1.54, 1.807) is 42.5 Å². The Labute approximate surface area is 240 Å². The second kappa shape index (κ2) is 13.9. The lowest BCUT2D eigenvalue weighted by molar-refractivity contribution is -0.149. The van der Waals surface area contributed by atoms with Crippen molar-refractivity contribution in [3.05, 3.63) is 95.2 Å². The number of carbonyl (C=O) groups is 2. The number of benzene rings is 2. The summed E-state index contributed by atoms with van der Waals surface area (Å²) in [6.45, 7) is 10.2. The molecule has 4 rings (SSSR count). The minimum absolute atomic E-state index is 0. The van der Waals surface area contributed by atoms with Crippen molar-refractivity contribution in [3.63, 3.8) is 0 Å². The van der Waals surface area contributed by atoms with E-state index >= 15 is 0 Å². The lowest BCUT2D eigenvalue weighted by Gasteiger charge is -2.34. The number of carboxylic acid groups (broad SMARTS) is 1. The summed E-state index contributed by atoms with van der Waals surface area (Å²) in [5.41, 5.74) is 8.19. The molecule has 1 aromatic heterocycles. The summed E-state index contributed by atoms with van der Waals surface area (Å²) in [6, 6.07) is 10.2. The standard InChI is InChI=1S/C28H27FN2O5.C4H11N/c1-3-4-5-6-25(32)31-15-13-19-9-12-22(17-23(19)26(31)28(33)34)35-16-14-24-18(2)36-27(30-24)20-7-10-21(29)11-8-20;1-4(2,3)5/h3-12,17,26H,13-16H2,1-2H3,(H,33,34);5H2,1-3H3. The molecule has 1 unspecified atom stereocenters. The number of oxazole rings is 1. The molecule has 8 nitrogen and oxygen atoms in total. The van der Waals surface area contributed by atoms with Crippen molar-refractivity contribution in [3.8, 4) is 17.2 Å². The second-order valence-electron chi connectivity index (χ2n) is 10.8. The molecule has 41 heavy (non-hydrogen) atoms. The van der Waals surface area contributed by atoms with E-state index in [0.29, 0.717) is 54.5 Å². The average Bonchev–Trinajstić information content (AvgIpc) is 3.27. The van der Waals surface area contributed by atoms with Crippen LogP contribution in [0, 0.1) is 12.7 Å². The third-order valence-electron chi connectivity index (χ3n) is 6.00. The number of hydrogen-bond acceptors (Lipinski definition) is 6. The van der Waals surface area contributed by atoms with Crippen LogP contribution < -0.4 is 10.5 Å². The molecule has 2 heterocycles. The Kier molecular flexibility index (Phi) is 10.6. The van der Waals surface area contributed by atoms with Gasteiger partial charge in [-0.2, -0.15) is 0 Å². The van der Waals surface area contributed by atoms with Crippen LogP contribution in [0.3, 0.4) is 0 Å². The Hall–Kier alpha value is -4.24.